The van der Waals surface area contributed by atoms with Crippen molar-refractivity contribution >= 4 is 5.95 Å². The van der Waals surface area contributed by atoms with Crippen LogP contribution in [0.1, 0.15) is 57.9 Å². The number of piperidine rings is 2. The Balaban J connectivity index is 1.37. The molecule has 5 heteroatoms. The van der Waals surface area contributed by atoms with Crippen LogP contribution in [0.15, 0.2) is 48.8 Å². The molecule has 1 aromatic carbocycles. The lowest BCUT2D eigenvalue weighted by Gasteiger charge is -2.58. The molecule has 1 N–H and O–H groups in total. The summed E-state index contributed by atoms with van der Waals surface area (Å²) in [6.07, 6.45) is 10.3. The second-order valence-electron chi connectivity index (χ2n) is 9.76. The molecule has 3 unspecified atom stereocenters. The van der Waals surface area contributed by atoms with Gasteiger partial charge in [-0.15, -0.1) is 0 Å². The van der Waals surface area contributed by atoms with Gasteiger partial charge in [-0.25, -0.2) is 9.97 Å². The first kappa shape index (κ1) is 21.3. The first-order valence-corrected chi connectivity index (χ1v) is 11.3. The maximum Gasteiger partial charge on any atom is 0.222 e. The van der Waals surface area contributed by atoms with Crippen LogP contribution in [0.4, 0.5) is 5.95 Å². The molecule has 2 aromatic rings. The standard InChI is InChI=1S/C25H36N4O/c1-23(21-9-5-4-6-10-21)12-13-24(2)19-25(30-3,14-18-29(24)20-23)11-7-15-26-22-27-16-8-17-28-22/h4-6,8-10,16-17H,7,11-15,18-20H2,1-3H3,(H,26,27,28). The van der Waals surface area contributed by atoms with Gasteiger partial charge in [0, 0.05) is 50.1 Å². The van der Waals surface area contributed by atoms with E-state index in [1.54, 1.807) is 12.4 Å². The van der Waals surface area contributed by atoms with Crippen LogP contribution in [0.25, 0.3) is 0 Å². The van der Waals surface area contributed by atoms with Crippen LogP contribution in [0.3, 0.4) is 0 Å². The van der Waals surface area contributed by atoms with Gasteiger partial charge in [-0.2, -0.15) is 0 Å². The van der Waals surface area contributed by atoms with E-state index in [1.807, 2.05) is 13.2 Å². The minimum absolute atomic E-state index is 0.0229. The van der Waals surface area contributed by atoms with Crippen molar-refractivity contribution in [2.45, 2.75) is 68.9 Å². The zero-order valence-electron chi connectivity index (χ0n) is 18.7. The Kier molecular flexibility index (Phi) is 6.12. The Morgan fingerprint density at radius 3 is 2.53 bits per heavy atom. The molecular weight excluding hydrogens is 372 g/mol. The second kappa shape index (κ2) is 8.64. The molecule has 3 heterocycles. The zero-order chi connectivity index (χ0) is 21.1. The number of fused-ring (bicyclic) bond motifs is 1. The summed E-state index contributed by atoms with van der Waals surface area (Å²) in [7, 11) is 1.91. The monoisotopic (exact) mass is 408 g/mol. The van der Waals surface area contributed by atoms with E-state index < -0.39 is 0 Å². The highest BCUT2D eigenvalue weighted by molar-refractivity contribution is 5.27. The highest BCUT2D eigenvalue weighted by Gasteiger charge is 2.51. The van der Waals surface area contributed by atoms with Gasteiger partial charge >= 0.3 is 0 Å². The van der Waals surface area contributed by atoms with E-state index in [-0.39, 0.29) is 16.6 Å². The summed E-state index contributed by atoms with van der Waals surface area (Å²) >= 11 is 0. The van der Waals surface area contributed by atoms with E-state index >= 15 is 0 Å². The first-order chi connectivity index (χ1) is 14.5. The van der Waals surface area contributed by atoms with E-state index in [9.17, 15) is 0 Å². The Labute approximate surface area is 181 Å². The fourth-order valence-electron chi connectivity index (χ4n) is 5.63. The number of hydrogen-bond acceptors (Lipinski definition) is 5. The molecule has 5 nitrogen and oxygen atoms in total. The van der Waals surface area contributed by atoms with Gasteiger partial charge in [0.2, 0.25) is 5.95 Å². The lowest BCUT2D eigenvalue weighted by molar-refractivity contribution is -0.128. The van der Waals surface area contributed by atoms with E-state index in [0.717, 1.165) is 45.3 Å². The zero-order valence-corrected chi connectivity index (χ0v) is 18.7. The van der Waals surface area contributed by atoms with Crippen molar-refractivity contribution in [2.75, 3.05) is 32.1 Å². The fourth-order valence-corrected chi connectivity index (χ4v) is 5.63. The number of benzene rings is 1. The van der Waals surface area contributed by atoms with Crippen LogP contribution in [0, 0.1) is 0 Å². The SMILES string of the molecule is COC1(CCCNc2ncccn2)CCN2CC(C)(c3ccccc3)CCC2(C)C1. The molecule has 162 valence electrons. The summed E-state index contributed by atoms with van der Waals surface area (Å²) in [5, 5.41) is 3.33. The number of nitrogens with one attached hydrogen (secondary N) is 1. The first-order valence-electron chi connectivity index (χ1n) is 11.3. The van der Waals surface area contributed by atoms with Gasteiger partial charge in [-0.3, -0.25) is 4.90 Å². The van der Waals surface area contributed by atoms with Crippen LogP contribution < -0.4 is 5.32 Å². The van der Waals surface area contributed by atoms with Crippen LogP contribution in [-0.2, 0) is 10.2 Å². The van der Waals surface area contributed by atoms with Gasteiger partial charge in [0.15, 0.2) is 0 Å². The lowest BCUT2D eigenvalue weighted by atomic mass is 9.65. The Morgan fingerprint density at radius 2 is 1.80 bits per heavy atom. The molecule has 4 rings (SSSR count). The van der Waals surface area contributed by atoms with Crippen molar-refractivity contribution in [2.24, 2.45) is 0 Å². The average Bonchev–Trinajstić information content (AvgIpc) is 2.79. The Morgan fingerprint density at radius 1 is 1.03 bits per heavy atom. The summed E-state index contributed by atoms with van der Waals surface area (Å²) in [5.41, 5.74) is 1.92. The topological polar surface area (TPSA) is 50.3 Å². The third-order valence-electron chi connectivity index (χ3n) is 7.62. The number of methoxy groups -OCH3 is 1. The molecule has 0 amide bonds. The highest BCUT2D eigenvalue weighted by Crippen LogP contribution is 2.48. The summed E-state index contributed by atoms with van der Waals surface area (Å²) in [4.78, 5) is 11.2. The number of hydrogen-bond donors (Lipinski definition) is 1. The molecule has 0 saturated carbocycles. The van der Waals surface area contributed by atoms with Gasteiger partial charge in [0.25, 0.3) is 0 Å². The molecule has 2 fully saturated rings. The van der Waals surface area contributed by atoms with Crippen LogP contribution in [0.2, 0.25) is 0 Å². The molecule has 1 aromatic heterocycles. The fraction of sp³-hybridized carbons (Fsp3) is 0.600. The van der Waals surface area contributed by atoms with Gasteiger partial charge in [0.05, 0.1) is 5.60 Å². The predicted molar refractivity (Wildman–Crippen MR) is 122 cm³/mol. The maximum atomic E-state index is 6.20. The number of nitrogens with zero attached hydrogens (tertiary/aromatic N) is 3. The van der Waals surface area contributed by atoms with Crippen molar-refractivity contribution in [3.8, 4) is 0 Å². The quantitative estimate of drug-likeness (QED) is 0.675. The number of ether oxygens (including phenoxy) is 1. The summed E-state index contributed by atoms with van der Waals surface area (Å²) in [5.74, 6) is 0.707. The highest BCUT2D eigenvalue weighted by atomic mass is 16.5. The molecular formula is C25H36N4O. The molecule has 0 aliphatic carbocycles. The van der Waals surface area contributed by atoms with Crippen molar-refractivity contribution in [3.05, 3.63) is 54.4 Å². The van der Waals surface area contributed by atoms with Gasteiger partial charge in [-0.05, 0) is 57.1 Å². The molecule has 2 aliphatic heterocycles. The van der Waals surface area contributed by atoms with E-state index in [0.29, 0.717) is 5.95 Å². The van der Waals surface area contributed by atoms with Crippen molar-refractivity contribution < 1.29 is 4.74 Å². The van der Waals surface area contributed by atoms with Crippen LogP contribution in [-0.4, -0.2) is 52.8 Å². The smallest absolute Gasteiger partial charge is 0.222 e. The van der Waals surface area contributed by atoms with Gasteiger partial charge < -0.3 is 10.1 Å². The molecule has 2 saturated heterocycles. The van der Waals surface area contributed by atoms with Crippen molar-refractivity contribution in [1.82, 2.24) is 14.9 Å². The lowest BCUT2D eigenvalue weighted by Crippen LogP contribution is -2.63. The van der Waals surface area contributed by atoms with Gasteiger partial charge in [0.1, 0.15) is 0 Å². The molecule has 0 spiro atoms. The normalized spacial score (nSPS) is 31.8. The largest absolute Gasteiger partial charge is 0.378 e. The molecule has 30 heavy (non-hydrogen) atoms. The number of rotatable bonds is 7. The van der Waals surface area contributed by atoms with Crippen molar-refractivity contribution in [3.63, 3.8) is 0 Å². The predicted octanol–water partition coefficient (Wildman–Crippen LogP) is 4.66. The number of aromatic nitrogens is 2. The molecule has 3 atom stereocenters. The number of anilines is 1. The molecule has 0 radical (unpaired) electrons. The third-order valence-corrected chi connectivity index (χ3v) is 7.62. The average molecular weight is 409 g/mol. The minimum Gasteiger partial charge on any atom is -0.378 e. The summed E-state index contributed by atoms with van der Waals surface area (Å²) in [6.45, 7) is 8.03. The Bertz CT molecular complexity index is 816. The van der Waals surface area contributed by atoms with Gasteiger partial charge in [-0.1, -0.05) is 37.3 Å². The summed E-state index contributed by atoms with van der Waals surface area (Å²) < 4.78 is 6.20. The van der Waals surface area contributed by atoms with E-state index in [4.69, 9.17) is 4.74 Å². The molecule has 0 bridgehead atoms. The van der Waals surface area contributed by atoms with Crippen LogP contribution >= 0.6 is 0 Å². The Hall–Kier alpha value is -1.98. The van der Waals surface area contributed by atoms with E-state index in [1.165, 1.54) is 18.4 Å². The van der Waals surface area contributed by atoms with Crippen molar-refractivity contribution in [1.29, 1.82) is 0 Å². The summed E-state index contributed by atoms with van der Waals surface area (Å²) in [6, 6.07) is 12.9. The van der Waals surface area contributed by atoms with Crippen LogP contribution in [0.5, 0.6) is 0 Å². The maximum absolute atomic E-state index is 6.20. The molecule has 2 aliphatic rings. The third kappa shape index (κ3) is 4.37. The van der Waals surface area contributed by atoms with E-state index in [2.05, 4.69) is 64.4 Å². The second-order valence-corrected chi connectivity index (χ2v) is 9.76. The minimum atomic E-state index is -0.0229.